The lowest BCUT2D eigenvalue weighted by molar-refractivity contribution is -0.157. The largest absolute Gasteiger partial charge is 0.443 e. The van der Waals surface area contributed by atoms with Crippen LogP contribution in [0.5, 0.6) is 0 Å². The van der Waals surface area contributed by atoms with E-state index in [9.17, 15) is 19.8 Å². The van der Waals surface area contributed by atoms with Crippen molar-refractivity contribution in [1.29, 1.82) is 0 Å². The molecule has 0 aromatic heterocycles. The Morgan fingerprint density at radius 3 is 2.16 bits per heavy atom. The number of nitrogens with zero attached hydrogens (tertiary/aromatic N) is 1. The molecule has 0 bridgehead atoms. The Morgan fingerprint density at radius 2 is 1.74 bits per heavy atom. The molecule has 5 atom stereocenters. The van der Waals surface area contributed by atoms with Crippen LogP contribution in [0.1, 0.15) is 55.4 Å². The van der Waals surface area contributed by atoms with Gasteiger partial charge in [-0.3, -0.25) is 4.79 Å². The van der Waals surface area contributed by atoms with Crippen LogP contribution < -0.4 is 0 Å². The summed E-state index contributed by atoms with van der Waals surface area (Å²) in [6, 6.07) is -1.19. The van der Waals surface area contributed by atoms with Crippen molar-refractivity contribution in [3.05, 3.63) is 0 Å². The molecule has 2 rings (SSSR count). The van der Waals surface area contributed by atoms with Crippen molar-refractivity contribution in [3.8, 4) is 0 Å². The van der Waals surface area contributed by atoms with E-state index in [1.165, 1.54) is 0 Å². The average molecular weight is 462 g/mol. The molecule has 2 saturated heterocycles. The number of aliphatic hydroxyl groups is 2. The Hall–Kier alpha value is -1.04. The number of carbonyl (C=O) groups is 2. The van der Waals surface area contributed by atoms with Crippen LogP contribution in [-0.2, 0) is 23.4 Å². The second-order valence-corrected chi connectivity index (χ2v) is 16.1. The third-order valence-corrected chi connectivity index (χ3v) is 10.5. The van der Waals surface area contributed by atoms with E-state index in [-0.39, 0.29) is 11.6 Å². The van der Waals surface area contributed by atoms with E-state index in [0.717, 1.165) is 4.90 Å². The summed E-state index contributed by atoms with van der Waals surface area (Å²) in [5.41, 5.74) is -0.870. The van der Waals surface area contributed by atoms with Gasteiger partial charge in [0.1, 0.15) is 17.8 Å². The van der Waals surface area contributed by atoms with Crippen LogP contribution in [-0.4, -0.2) is 83.9 Å². The molecule has 0 aliphatic carbocycles. The van der Waals surface area contributed by atoms with Crippen LogP contribution in [0, 0.1) is 0 Å². The maximum Gasteiger partial charge on any atom is 0.417 e. The maximum absolute atomic E-state index is 12.9. The fourth-order valence-electron chi connectivity index (χ4n) is 3.40. The van der Waals surface area contributed by atoms with E-state index >= 15 is 0 Å². The molecule has 0 aromatic rings. The fraction of sp³-hybridized carbons (Fsp3) is 0.905. The zero-order chi connectivity index (χ0) is 24.2. The SMILES string of the molecule is CC(C)(C)OC(=O)N1C(=O)[C@@H](O)[C@@H](O)[C@@H]1[C@H](O[Si](C)(C)C(C)(C)C)[C@H]1COC(C)(C)O1. The lowest BCUT2D eigenvalue weighted by atomic mass is 10.0. The van der Waals surface area contributed by atoms with Gasteiger partial charge in [-0.15, -0.1) is 0 Å². The molecule has 0 saturated carbocycles. The van der Waals surface area contributed by atoms with Gasteiger partial charge in [0.2, 0.25) is 0 Å². The molecule has 2 amide bonds. The smallest absolute Gasteiger partial charge is 0.417 e. The van der Waals surface area contributed by atoms with Crippen molar-refractivity contribution < 1.29 is 38.4 Å². The number of aliphatic hydroxyl groups excluding tert-OH is 2. The summed E-state index contributed by atoms with van der Waals surface area (Å²) < 4.78 is 23.7. The normalized spacial score (nSPS) is 30.6. The molecule has 2 heterocycles. The molecule has 0 aromatic carbocycles. The van der Waals surface area contributed by atoms with E-state index < -0.39 is 62.2 Å². The van der Waals surface area contributed by atoms with Gasteiger partial charge in [0.15, 0.2) is 20.2 Å². The third kappa shape index (κ3) is 5.66. The first-order valence-electron chi connectivity index (χ1n) is 10.7. The summed E-state index contributed by atoms with van der Waals surface area (Å²) in [5.74, 6) is -1.81. The van der Waals surface area contributed by atoms with Gasteiger partial charge >= 0.3 is 6.09 Å². The van der Waals surface area contributed by atoms with Gasteiger partial charge in [-0.25, -0.2) is 9.69 Å². The topological polar surface area (TPSA) is 115 Å². The number of rotatable bonds is 4. The van der Waals surface area contributed by atoms with E-state index in [1.807, 2.05) is 13.1 Å². The van der Waals surface area contributed by atoms with Gasteiger partial charge in [0.25, 0.3) is 5.91 Å². The number of hydrogen-bond acceptors (Lipinski definition) is 8. The highest BCUT2D eigenvalue weighted by Gasteiger charge is 2.58. The second-order valence-electron chi connectivity index (χ2n) is 11.3. The first-order chi connectivity index (χ1) is 13.8. The predicted octanol–water partition coefficient (Wildman–Crippen LogP) is 2.40. The molecule has 0 unspecified atom stereocenters. The molecule has 180 valence electrons. The van der Waals surface area contributed by atoms with Crippen molar-refractivity contribution in [3.63, 3.8) is 0 Å². The van der Waals surface area contributed by atoms with E-state index in [2.05, 4.69) is 20.8 Å². The zero-order valence-corrected chi connectivity index (χ0v) is 21.4. The molecule has 2 aliphatic heterocycles. The quantitative estimate of drug-likeness (QED) is 0.614. The molecule has 2 N–H and O–H groups in total. The third-order valence-electron chi connectivity index (χ3n) is 6.02. The van der Waals surface area contributed by atoms with Crippen LogP contribution >= 0.6 is 0 Å². The first kappa shape index (κ1) is 26.2. The number of imide groups is 1. The molecule has 31 heavy (non-hydrogen) atoms. The van der Waals surface area contributed by atoms with Gasteiger partial charge < -0.3 is 28.8 Å². The molecular formula is C21H39NO8Si. The first-order valence-corrected chi connectivity index (χ1v) is 13.6. The monoisotopic (exact) mass is 461 g/mol. The van der Waals surface area contributed by atoms with Crippen molar-refractivity contribution in [2.45, 2.75) is 115 Å². The fourth-order valence-corrected chi connectivity index (χ4v) is 4.72. The van der Waals surface area contributed by atoms with Crippen LogP contribution in [0.25, 0.3) is 0 Å². The second kappa shape index (κ2) is 8.38. The van der Waals surface area contributed by atoms with E-state index in [0.29, 0.717) is 0 Å². The van der Waals surface area contributed by atoms with Gasteiger partial charge in [0, 0.05) is 0 Å². The Morgan fingerprint density at radius 1 is 1.19 bits per heavy atom. The summed E-state index contributed by atoms with van der Waals surface area (Å²) in [5, 5.41) is 21.0. The minimum Gasteiger partial charge on any atom is -0.443 e. The number of carbonyl (C=O) groups excluding carboxylic acids is 2. The number of hydrogen-bond donors (Lipinski definition) is 2. The maximum atomic E-state index is 12.9. The zero-order valence-electron chi connectivity index (χ0n) is 20.4. The molecule has 10 heteroatoms. The highest BCUT2D eigenvalue weighted by atomic mass is 28.4. The lowest BCUT2D eigenvalue weighted by Crippen LogP contribution is -2.59. The molecule has 9 nitrogen and oxygen atoms in total. The summed E-state index contributed by atoms with van der Waals surface area (Å²) in [4.78, 5) is 26.5. The van der Waals surface area contributed by atoms with Gasteiger partial charge in [-0.2, -0.15) is 0 Å². The molecular weight excluding hydrogens is 422 g/mol. The van der Waals surface area contributed by atoms with E-state index in [4.69, 9.17) is 18.6 Å². The van der Waals surface area contributed by atoms with Gasteiger partial charge in [0.05, 0.1) is 18.8 Å². The Labute approximate surface area is 186 Å². The van der Waals surface area contributed by atoms with E-state index in [1.54, 1.807) is 34.6 Å². The highest BCUT2D eigenvalue weighted by molar-refractivity contribution is 6.74. The Bertz CT molecular complexity index is 696. The minimum absolute atomic E-state index is 0.155. The Kier molecular flexibility index (Phi) is 7.09. The lowest BCUT2D eigenvalue weighted by Gasteiger charge is -2.44. The standard InChI is InChI=1S/C21H39NO8Si/c1-19(2,3)29-18(26)22-13(14(23)15(24)17(22)25)16(12-11-27-21(7,8)28-12)30-31(9,10)20(4,5)6/h12-16,23-24H,11H2,1-10H3/t12-,13-,14+,15+,16-/m1/s1. The van der Waals surface area contributed by atoms with Crippen molar-refractivity contribution >= 4 is 20.3 Å². The highest BCUT2D eigenvalue weighted by Crippen LogP contribution is 2.41. The van der Waals surface area contributed by atoms with Crippen LogP contribution in [0.4, 0.5) is 4.79 Å². The molecule has 0 radical (unpaired) electrons. The molecule has 2 fully saturated rings. The predicted molar refractivity (Wildman–Crippen MR) is 116 cm³/mol. The average Bonchev–Trinajstić information content (AvgIpc) is 3.02. The van der Waals surface area contributed by atoms with Crippen molar-refractivity contribution in [1.82, 2.24) is 4.90 Å². The summed E-state index contributed by atoms with van der Waals surface area (Å²) >= 11 is 0. The summed E-state index contributed by atoms with van der Waals surface area (Å²) in [6.07, 6.45) is -5.83. The minimum atomic E-state index is -2.45. The number of likely N-dealkylation sites (tertiary alicyclic amines) is 1. The molecule has 2 aliphatic rings. The van der Waals surface area contributed by atoms with Crippen molar-refractivity contribution in [2.75, 3.05) is 6.61 Å². The van der Waals surface area contributed by atoms with Crippen LogP contribution in [0.3, 0.4) is 0 Å². The molecule has 0 spiro atoms. The van der Waals surface area contributed by atoms with Crippen LogP contribution in [0.15, 0.2) is 0 Å². The number of ether oxygens (including phenoxy) is 3. The van der Waals surface area contributed by atoms with Crippen LogP contribution in [0.2, 0.25) is 18.1 Å². The van der Waals surface area contributed by atoms with Gasteiger partial charge in [-0.05, 0) is 52.8 Å². The summed E-state index contributed by atoms with van der Waals surface area (Å²) in [6.45, 7) is 18.9. The van der Waals surface area contributed by atoms with Gasteiger partial charge in [-0.1, -0.05) is 20.8 Å². The summed E-state index contributed by atoms with van der Waals surface area (Å²) in [7, 11) is -2.45. The Balaban J connectivity index is 2.50. The number of amides is 2. The van der Waals surface area contributed by atoms with Crippen molar-refractivity contribution in [2.24, 2.45) is 0 Å².